The lowest BCUT2D eigenvalue weighted by Gasteiger charge is -2.01. The Morgan fingerprint density at radius 3 is 1.22 bits per heavy atom. The van der Waals surface area contributed by atoms with Crippen molar-refractivity contribution in [3.8, 4) is 11.5 Å². The van der Waals surface area contributed by atoms with Crippen molar-refractivity contribution in [1.82, 2.24) is 0 Å². The van der Waals surface area contributed by atoms with E-state index in [-0.39, 0.29) is 24.7 Å². The highest BCUT2D eigenvalue weighted by Gasteiger charge is 1.95. The van der Waals surface area contributed by atoms with Gasteiger partial charge in [0.1, 0.15) is 0 Å². The molecule has 2 aromatic rings. The van der Waals surface area contributed by atoms with E-state index >= 15 is 0 Å². The molecule has 18 heavy (non-hydrogen) atoms. The summed E-state index contributed by atoms with van der Waals surface area (Å²) in [5.74, 6) is -0.153. The summed E-state index contributed by atoms with van der Waals surface area (Å²) in [5.41, 5.74) is 1.59. The zero-order valence-corrected chi connectivity index (χ0v) is 9.82. The Morgan fingerprint density at radius 1 is 0.611 bits per heavy atom. The molecule has 0 unspecified atom stereocenters. The van der Waals surface area contributed by atoms with Gasteiger partial charge in [0, 0.05) is 0 Å². The molecule has 4 heteroatoms. The number of rotatable bonds is 2. The molecule has 0 amide bonds. The molecule has 4 nitrogen and oxygen atoms in total. The van der Waals surface area contributed by atoms with Crippen LogP contribution in [0.25, 0.3) is 0 Å². The van der Waals surface area contributed by atoms with Crippen LogP contribution in [0.5, 0.6) is 11.5 Å². The smallest absolute Gasteiger partial charge is 0.157 e. The molecule has 0 radical (unpaired) electrons. The van der Waals surface area contributed by atoms with E-state index in [0.29, 0.717) is 0 Å². The van der Waals surface area contributed by atoms with Crippen LogP contribution in [0.4, 0.5) is 0 Å². The lowest BCUT2D eigenvalue weighted by molar-refractivity contribution is 0.260. The summed E-state index contributed by atoms with van der Waals surface area (Å²) >= 11 is 0. The second kappa shape index (κ2) is 7.32. The number of hydrogen-bond acceptors (Lipinski definition) is 4. The van der Waals surface area contributed by atoms with Crippen molar-refractivity contribution < 1.29 is 20.4 Å². The molecule has 0 saturated heterocycles. The van der Waals surface area contributed by atoms with E-state index in [1.165, 1.54) is 12.1 Å². The van der Waals surface area contributed by atoms with E-state index in [1.807, 2.05) is 12.1 Å². The van der Waals surface area contributed by atoms with Crippen molar-refractivity contribution in [2.75, 3.05) is 0 Å². The van der Waals surface area contributed by atoms with Crippen molar-refractivity contribution in [1.29, 1.82) is 0 Å². The third kappa shape index (κ3) is 4.08. The SMILES string of the molecule is OCc1ccccc1CO.Oc1ccccc1O. The summed E-state index contributed by atoms with van der Waals surface area (Å²) in [6.45, 7) is -0.00648. The quantitative estimate of drug-likeness (QED) is 0.611. The van der Waals surface area contributed by atoms with Crippen molar-refractivity contribution in [3.63, 3.8) is 0 Å². The van der Waals surface area contributed by atoms with Crippen LogP contribution in [0, 0.1) is 0 Å². The monoisotopic (exact) mass is 248 g/mol. The molecule has 0 heterocycles. The lowest BCUT2D eigenvalue weighted by atomic mass is 10.1. The van der Waals surface area contributed by atoms with Crippen molar-refractivity contribution in [2.45, 2.75) is 13.2 Å². The number of phenols is 2. The normalized spacial score (nSPS) is 9.44. The third-order valence-corrected chi connectivity index (χ3v) is 2.34. The first kappa shape index (κ1) is 14.0. The fraction of sp³-hybridized carbons (Fsp3) is 0.143. The molecule has 0 fully saturated rings. The molecule has 96 valence electrons. The number of aromatic hydroxyl groups is 2. The van der Waals surface area contributed by atoms with Gasteiger partial charge in [-0.05, 0) is 23.3 Å². The molecule has 0 aromatic heterocycles. The molecule has 2 aromatic carbocycles. The highest BCUT2D eigenvalue weighted by atomic mass is 16.3. The molecule has 4 N–H and O–H groups in total. The molecule has 0 atom stereocenters. The molecule has 2 rings (SSSR count). The molecular weight excluding hydrogens is 232 g/mol. The Kier molecular flexibility index (Phi) is 5.70. The van der Waals surface area contributed by atoms with Gasteiger partial charge >= 0.3 is 0 Å². The van der Waals surface area contributed by atoms with Crippen molar-refractivity contribution in [3.05, 3.63) is 59.7 Å². The Bertz CT molecular complexity index is 439. The maximum absolute atomic E-state index is 8.74. The van der Waals surface area contributed by atoms with Gasteiger partial charge in [-0.1, -0.05) is 36.4 Å². The van der Waals surface area contributed by atoms with Gasteiger partial charge in [0.25, 0.3) is 0 Å². The van der Waals surface area contributed by atoms with Crippen molar-refractivity contribution in [2.24, 2.45) is 0 Å². The van der Waals surface area contributed by atoms with E-state index in [9.17, 15) is 0 Å². The molecular formula is C14H16O4. The first-order valence-corrected chi connectivity index (χ1v) is 5.44. The predicted octanol–water partition coefficient (Wildman–Crippen LogP) is 1.77. The van der Waals surface area contributed by atoms with Crippen LogP contribution in [-0.2, 0) is 13.2 Å². The van der Waals surface area contributed by atoms with Gasteiger partial charge in [0.15, 0.2) is 11.5 Å². The first-order valence-electron chi connectivity index (χ1n) is 5.44. The maximum atomic E-state index is 8.74. The summed E-state index contributed by atoms with van der Waals surface area (Å²) in [4.78, 5) is 0. The summed E-state index contributed by atoms with van der Waals surface area (Å²) in [6, 6.07) is 13.4. The second-order valence-corrected chi connectivity index (χ2v) is 3.57. The van der Waals surface area contributed by atoms with Crippen LogP contribution in [-0.4, -0.2) is 20.4 Å². The summed E-state index contributed by atoms with van der Waals surface area (Å²) in [7, 11) is 0. The standard InChI is InChI=1S/C8H10O2.C6H6O2/c9-5-7-3-1-2-4-8(7)6-10;7-5-3-1-2-4-6(5)8/h1-4,9-10H,5-6H2;1-4,7-8H. The average molecular weight is 248 g/mol. The van der Waals surface area contributed by atoms with Gasteiger partial charge in [-0.3, -0.25) is 0 Å². The maximum Gasteiger partial charge on any atom is 0.157 e. The zero-order chi connectivity index (χ0) is 13.4. The van der Waals surface area contributed by atoms with Gasteiger partial charge in [-0.2, -0.15) is 0 Å². The fourth-order valence-corrected chi connectivity index (χ4v) is 1.33. The van der Waals surface area contributed by atoms with Crippen LogP contribution in [0.15, 0.2) is 48.5 Å². The molecule has 0 aliphatic rings. The van der Waals surface area contributed by atoms with Crippen LogP contribution < -0.4 is 0 Å². The first-order chi connectivity index (χ1) is 8.69. The second-order valence-electron chi connectivity index (χ2n) is 3.57. The number of phenolic OH excluding ortho intramolecular Hbond substituents is 2. The number of hydrogen-bond donors (Lipinski definition) is 4. The minimum Gasteiger partial charge on any atom is -0.504 e. The Hall–Kier alpha value is -2.04. The molecule has 0 bridgehead atoms. The summed E-state index contributed by atoms with van der Waals surface area (Å²) in [5, 5.41) is 34.8. The topological polar surface area (TPSA) is 80.9 Å². The van der Waals surface area contributed by atoms with E-state index in [0.717, 1.165) is 11.1 Å². The largest absolute Gasteiger partial charge is 0.504 e. The van der Waals surface area contributed by atoms with Crippen LogP contribution >= 0.6 is 0 Å². The third-order valence-electron chi connectivity index (χ3n) is 2.34. The molecule has 0 spiro atoms. The number of para-hydroxylation sites is 2. The molecule has 0 aliphatic carbocycles. The number of aliphatic hydroxyl groups is 2. The van der Waals surface area contributed by atoms with Crippen LogP contribution in [0.2, 0.25) is 0 Å². The fourth-order valence-electron chi connectivity index (χ4n) is 1.33. The minimum absolute atomic E-state index is 0.00324. The lowest BCUT2D eigenvalue weighted by Crippen LogP contribution is -1.91. The summed E-state index contributed by atoms with van der Waals surface area (Å²) < 4.78 is 0. The summed E-state index contributed by atoms with van der Waals surface area (Å²) in [6.07, 6.45) is 0. The Morgan fingerprint density at radius 2 is 0.944 bits per heavy atom. The minimum atomic E-state index is -0.0764. The average Bonchev–Trinajstić information content (AvgIpc) is 2.42. The number of benzene rings is 2. The predicted molar refractivity (Wildman–Crippen MR) is 68.1 cm³/mol. The Balaban J connectivity index is 0.000000184. The van der Waals surface area contributed by atoms with E-state index < -0.39 is 0 Å². The Labute approximate surface area is 105 Å². The van der Waals surface area contributed by atoms with E-state index in [4.69, 9.17) is 20.4 Å². The van der Waals surface area contributed by atoms with Gasteiger partial charge in [0.05, 0.1) is 13.2 Å². The highest BCUT2D eigenvalue weighted by Crippen LogP contribution is 2.21. The van der Waals surface area contributed by atoms with Gasteiger partial charge in [0.2, 0.25) is 0 Å². The van der Waals surface area contributed by atoms with Gasteiger partial charge in [-0.15, -0.1) is 0 Å². The van der Waals surface area contributed by atoms with Gasteiger partial charge in [-0.25, -0.2) is 0 Å². The van der Waals surface area contributed by atoms with E-state index in [2.05, 4.69) is 0 Å². The number of aliphatic hydroxyl groups excluding tert-OH is 2. The van der Waals surface area contributed by atoms with Crippen molar-refractivity contribution >= 4 is 0 Å². The van der Waals surface area contributed by atoms with Crippen LogP contribution in [0.3, 0.4) is 0 Å². The van der Waals surface area contributed by atoms with E-state index in [1.54, 1.807) is 24.3 Å². The molecule has 0 saturated carbocycles. The molecule has 0 aliphatic heterocycles. The van der Waals surface area contributed by atoms with Crippen LogP contribution in [0.1, 0.15) is 11.1 Å². The van der Waals surface area contributed by atoms with Gasteiger partial charge < -0.3 is 20.4 Å². The highest BCUT2D eigenvalue weighted by molar-refractivity contribution is 5.36. The zero-order valence-electron chi connectivity index (χ0n) is 9.82.